The van der Waals surface area contributed by atoms with Crippen LogP contribution in [-0.2, 0) is 27.1 Å². The third-order valence-corrected chi connectivity index (χ3v) is 19.3. The zero-order chi connectivity index (χ0) is 60.4. The number of fused-ring (bicyclic) bond motifs is 13. The summed E-state index contributed by atoms with van der Waals surface area (Å²) in [5.41, 5.74) is 27.8. The molecular formula is C81H76BN3O2. The minimum Gasteiger partial charge on any atom is -0.466 e. The highest BCUT2D eigenvalue weighted by Gasteiger charge is 2.51. The van der Waals surface area contributed by atoms with Gasteiger partial charge in [0.2, 0.25) is 0 Å². The summed E-state index contributed by atoms with van der Waals surface area (Å²) in [6.07, 6.45) is 0. The normalized spacial score (nSPS) is 14.3. The average molecular weight is 1130 g/mol. The number of hydrogen-bond acceptors (Lipinski definition) is 5. The minimum absolute atomic E-state index is 0.0244. The Balaban J connectivity index is 1.02. The predicted molar refractivity (Wildman–Crippen MR) is 370 cm³/mol. The van der Waals surface area contributed by atoms with E-state index in [1.54, 1.807) is 0 Å². The fourth-order valence-electron chi connectivity index (χ4n) is 14.3. The lowest BCUT2D eigenvalue weighted by Crippen LogP contribution is -2.61. The Morgan fingerprint density at radius 2 is 0.931 bits per heavy atom. The maximum atomic E-state index is 7.67. The molecule has 2 aromatic heterocycles. The van der Waals surface area contributed by atoms with E-state index >= 15 is 0 Å². The van der Waals surface area contributed by atoms with Gasteiger partial charge < -0.3 is 23.4 Å². The monoisotopic (exact) mass is 1130 g/mol. The Morgan fingerprint density at radius 3 is 1.53 bits per heavy atom. The zero-order valence-corrected chi connectivity index (χ0v) is 52.9. The van der Waals surface area contributed by atoms with Crippen LogP contribution >= 0.6 is 0 Å². The van der Waals surface area contributed by atoms with E-state index in [9.17, 15) is 0 Å². The number of para-hydroxylation sites is 1. The van der Waals surface area contributed by atoms with Crippen LogP contribution in [0.2, 0.25) is 0 Å². The molecule has 5 nitrogen and oxygen atoms in total. The number of anilines is 8. The van der Waals surface area contributed by atoms with Crippen LogP contribution in [0.3, 0.4) is 0 Å². The van der Waals surface area contributed by atoms with Crippen molar-refractivity contribution in [2.45, 2.75) is 124 Å². The first-order chi connectivity index (χ1) is 41.4. The summed E-state index contributed by atoms with van der Waals surface area (Å²) < 4.78 is 15.0. The van der Waals surface area contributed by atoms with E-state index in [2.05, 4.69) is 318 Å². The smallest absolute Gasteiger partial charge is 0.376 e. The van der Waals surface area contributed by atoms with Gasteiger partial charge in [-0.05, 0) is 185 Å². The van der Waals surface area contributed by atoms with Gasteiger partial charge >= 0.3 is 6.85 Å². The van der Waals surface area contributed by atoms with Gasteiger partial charge in [-0.25, -0.2) is 0 Å². The summed E-state index contributed by atoms with van der Waals surface area (Å²) in [6, 6.07) is 77.8. The topological polar surface area (TPSA) is 36.0 Å². The van der Waals surface area contributed by atoms with E-state index in [0.29, 0.717) is 0 Å². The van der Waals surface area contributed by atoms with E-state index in [4.69, 9.17) is 8.83 Å². The lowest BCUT2D eigenvalue weighted by atomic mass is 9.45. The molecule has 0 amide bonds. The molecule has 0 fully saturated rings. The summed E-state index contributed by atoms with van der Waals surface area (Å²) in [4.78, 5) is 7.54. The fourth-order valence-corrected chi connectivity index (χ4v) is 14.3. The van der Waals surface area contributed by atoms with Crippen molar-refractivity contribution in [1.82, 2.24) is 0 Å². The van der Waals surface area contributed by atoms with Crippen molar-refractivity contribution in [1.29, 1.82) is 0 Å². The second-order valence-electron chi connectivity index (χ2n) is 29.5. The third kappa shape index (κ3) is 8.63. The first kappa shape index (κ1) is 54.6. The molecule has 3 aliphatic rings. The Labute approximate surface area is 514 Å². The molecule has 0 bridgehead atoms. The largest absolute Gasteiger partial charge is 0.466 e. The van der Waals surface area contributed by atoms with Gasteiger partial charge in [-0.3, -0.25) is 0 Å². The van der Waals surface area contributed by atoms with Crippen molar-refractivity contribution in [3.8, 4) is 33.4 Å². The van der Waals surface area contributed by atoms with Crippen LogP contribution in [0.25, 0.3) is 66.3 Å². The number of benzene rings is 10. The summed E-state index contributed by atoms with van der Waals surface area (Å²) >= 11 is 0. The molecule has 0 unspecified atom stereocenters. The van der Waals surface area contributed by atoms with E-state index in [1.165, 1.54) is 55.6 Å². The second kappa shape index (κ2) is 19.0. The van der Waals surface area contributed by atoms with Gasteiger partial charge in [-0.15, -0.1) is 0 Å². The molecule has 2 aliphatic heterocycles. The highest BCUT2D eigenvalue weighted by atomic mass is 16.3. The molecular weight excluding hydrogens is 1060 g/mol. The summed E-state index contributed by atoms with van der Waals surface area (Å²) in [5, 5.41) is 3.22. The van der Waals surface area contributed by atoms with Gasteiger partial charge in [0.1, 0.15) is 16.8 Å². The predicted octanol–water partition coefficient (Wildman–Crippen LogP) is 21.7. The van der Waals surface area contributed by atoms with Gasteiger partial charge in [0.05, 0.1) is 11.4 Å². The van der Waals surface area contributed by atoms with Gasteiger partial charge in [0.25, 0.3) is 0 Å². The van der Waals surface area contributed by atoms with Crippen LogP contribution in [0, 0.1) is 0 Å². The Kier molecular flexibility index (Phi) is 11.9. The average Bonchev–Trinajstić information content (AvgIpc) is 1.65. The molecule has 15 rings (SSSR count). The van der Waals surface area contributed by atoms with E-state index in [1.807, 2.05) is 0 Å². The number of rotatable bonds is 6. The number of nitrogens with zero attached hydrogens (tertiary/aromatic N) is 3. The quantitative estimate of drug-likeness (QED) is 0.155. The third-order valence-electron chi connectivity index (χ3n) is 19.3. The maximum absolute atomic E-state index is 7.67. The van der Waals surface area contributed by atoms with Crippen LogP contribution in [-0.4, -0.2) is 6.85 Å². The van der Waals surface area contributed by atoms with Crippen molar-refractivity contribution in [2.75, 3.05) is 14.6 Å². The highest BCUT2D eigenvalue weighted by Crippen LogP contribution is 2.58. The van der Waals surface area contributed by atoms with Crippen LogP contribution in [0.5, 0.6) is 0 Å². The van der Waals surface area contributed by atoms with Crippen molar-refractivity contribution in [3.63, 3.8) is 0 Å². The molecule has 0 radical (unpaired) electrons. The van der Waals surface area contributed by atoms with E-state index < -0.39 is 6.85 Å². The molecule has 0 spiro atoms. The molecule has 10 aromatic carbocycles. The second-order valence-corrected chi connectivity index (χ2v) is 29.5. The molecule has 0 N–H and O–H groups in total. The first-order valence-electron chi connectivity index (χ1n) is 31.2. The minimum atomic E-state index is -0.396. The standard InChI is InChI=1S/C81H76BN3O2/c1-77(2,3)51-25-33-55(34-26-51)83(56-35-27-52(28-36-56)78(4,5)6)59-41-43-67-62(45-59)63-46-64-65-47-66-60-22-18-19-23-70(60)86-75(66)74-72(65)82(85(69(64)48-68(63)81(67,13)14)58-39-31-54(32-40-58)80(10,11)12)76-73(84(74)57-37-29-53(30-38-57)79(7,8)9)61-42-24-50(44-71(61)87-76)49-20-16-15-17-21-49/h15-48H,1-14H3. The molecule has 87 heavy (non-hydrogen) atoms. The first-order valence-corrected chi connectivity index (χ1v) is 31.2. The lowest BCUT2D eigenvalue weighted by Gasteiger charge is -2.44. The summed E-state index contributed by atoms with van der Waals surface area (Å²) in [7, 11) is 0. The van der Waals surface area contributed by atoms with Crippen molar-refractivity contribution in [3.05, 3.63) is 240 Å². The molecule has 12 aromatic rings. The van der Waals surface area contributed by atoms with Crippen molar-refractivity contribution in [2.24, 2.45) is 0 Å². The summed E-state index contributed by atoms with van der Waals surface area (Å²) in [5.74, 6) is 0. The van der Waals surface area contributed by atoms with E-state index in [0.717, 1.165) is 101 Å². The van der Waals surface area contributed by atoms with E-state index in [-0.39, 0.29) is 27.1 Å². The molecule has 430 valence electrons. The van der Waals surface area contributed by atoms with Gasteiger partial charge in [0.15, 0.2) is 5.58 Å². The van der Waals surface area contributed by atoms with Crippen LogP contribution in [0.15, 0.2) is 215 Å². The molecule has 0 saturated carbocycles. The van der Waals surface area contributed by atoms with Crippen molar-refractivity contribution >= 4 is 96.4 Å². The highest BCUT2D eigenvalue weighted by molar-refractivity contribution is 6.93. The maximum Gasteiger partial charge on any atom is 0.376 e. The fraction of sp³-hybridized carbons (Fsp3) is 0.235. The van der Waals surface area contributed by atoms with Crippen LogP contribution < -0.4 is 25.7 Å². The number of hydrogen-bond donors (Lipinski definition) is 0. The molecule has 0 saturated heterocycles. The number of furan rings is 2. The Morgan fingerprint density at radius 1 is 0.391 bits per heavy atom. The Hall–Kier alpha value is -9.00. The van der Waals surface area contributed by atoms with Gasteiger partial charge in [-0.1, -0.05) is 206 Å². The Bertz CT molecular complexity index is 4670. The van der Waals surface area contributed by atoms with Crippen LogP contribution in [0.1, 0.15) is 130 Å². The zero-order valence-electron chi connectivity index (χ0n) is 52.9. The van der Waals surface area contributed by atoms with Crippen molar-refractivity contribution < 1.29 is 8.83 Å². The molecule has 1 aliphatic carbocycles. The summed E-state index contributed by atoms with van der Waals surface area (Å²) in [6.45, 7) is 31.9. The van der Waals surface area contributed by atoms with Crippen LogP contribution in [0.4, 0.5) is 45.5 Å². The lowest BCUT2D eigenvalue weighted by molar-refractivity contribution is 0.590. The van der Waals surface area contributed by atoms with Gasteiger partial charge in [0, 0.05) is 61.3 Å². The molecule has 6 heteroatoms. The molecule has 4 heterocycles. The molecule has 0 atom stereocenters. The van der Waals surface area contributed by atoms with Gasteiger partial charge in [-0.2, -0.15) is 0 Å². The SMILES string of the molecule is CC(C)(C)c1ccc(N2B3c4oc5cc(-c6ccccc6)ccc5c4N(c4ccc(C(C)(C)C)cc4)c4c3c(cc3c4oc4ccccc43)-c3cc4c(cc32)C(C)(C)c2ccc(N(c3ccc(C(C)(C)C)cc3)c3ccc(C(C)(C)C)cc3)cc2-4)cc1.